The van der Waals surface area contributed by atoms with E-state index >= 15 is 0 Å². The Morgan fingerprint density at radius 1 is 1.35 bits per heavy atom. The summed E-state index contributed by atoms with van der Waals surface area (Å²) in [5.41, 5.74) is 2.58. The van der Waals surface area contributed by atoms with Crippen molar-refractivity contribution in [3.05, 3.63) is 29.3 Å². The zero-order chi connectivity index (χ0) is 16.7. The van der Waals surface area contributed by atoms with Crippen molar-refractivity contribution in [2.75, 3.05) is 20.2 Å². The van der Waals surface area contributed by atoms with Crippen molar-refractivity contribution in [3.63, 3.8) is 0 Å². The predicted molar refractivity (Wildman–Crippen MR) is 86.9 cm³/mol. The minimum absolute atomic E-state index is 0.0676. The number of methoxy groups -OCH3 is 1. The van der Waals surface area contributed by atoms with Gasteiger partial charge < -0.3 is 20.5 Å². The number of hydrogen-bond donors (Lipinski definition) is 3. The van der Waals surface area contributed by atoms with Crippen molar-refractivity contribution in [3.8, 4) is 5.75 Å². The van der Waals surface area contributed by atoms with E-state index in [0.717, 1.165) is 25.0 Å². The molecule has 1 aromatic rings. The van der Waals surface area contributed by atoms with Gasteiger partial charge in [0.05, 0.1) is 7.11 Å². The molecular weight excluding hydrogens is 296 g/mol. The first-order chi connectivity index (χ1) is 11.1. The molecule has 0 heterocycles. The van der Waals surface area contributed by atoms with Crippen LogP contribution in [0.1, 0.15) is 42.7 Å². The predicted octanol–water partition coefficient (Wildman–Crippen LogP) is 2.28. The Morgan fingerprint density at radius 3 is 2.91 bits per heavy atom. The molecule has 3 N–H and O–H groups in total. The summed E-state index contributed by atoms with van der Waals surface area (Å²) in [6, 6.07) is 5.89. The van der Waals surface area contributed by atoms with Crippen molar-refractivity contribution < 1.29 is 19.4 Å². The molecule has 1 unspecified atom stereocenters. The van der Waals surface area contributed by atoms with Crippen molar-refractivity contribution in [1.82, 2.24) is 10.6 Å². The molecule has 0 spiro atoms. The van der Waals surface area contributed by atoms with Crippen molar-refractivity contribution >= 4 is 12.0 Å². The third-order valence-electron chi connectivity index (χ3n) is 4.15. The molecule has 0 radical (unpaired) electrons. The summed E-state index contributed by atoms with van der Waals surface area (Å²) in [6.45, 7) is 0.959. The van der Waals surface area contributed by atoms with Crippen LogP contribution < -0.4 is 15.4 Å². The van der Waals surface area contributed by atoms with Crippen LogP contribution in [0.2, 0.25) is 0 Å². The minimum Gasteiger partial charge on any atom is -0.497 e. The number of urea groups is 1. The molecule has 0 saturated carbocycles. The number of nitrogens with one attached hydrogen (secondary N) is 2. The van der Waals surface area contributed by atoms with Crippen LogP contribution in [0.15, 0.2) is 18.2 Å². The lowest BCUT2D eigenvalue weighted by molar-refractivity contribution is -0.137. The van der Waals surface area contributed by atoms with E-state index in [9.17, 15) is 9.59 Å². The lowest BCUT2D eigenvalue weighted by Crippen LogP contribution is -2.38. The number of amides is 2. The number of rotatable bonds is 7. The van der Waals surface area contributed by atoms with Gasteiger partial charge in [-0.15, -0.1) is 0 Å². The molecule has 1 atom stereocenters. The maximum Gasteiger partial charge on any atom is 0.314 e. The second-order valence-corrected chi connectivity index (χ2v) is 5.79. The molecule has 0 aromatic heterocycles. The molecule has 0 aliphatic heterocycles. The third-order valence-corrected chi connectivity index (χ3v) is 4.15. The standard InChI is InChI=1S/C17H24N2O4/c1-23-14-7-8-15-12(10-14)4-2-5-13(15)11-19-17(22)18-9-3-6-16(20)21/h7-8,10,13H,2-6,9,11H2,1H3,(H,20,21)(H2,18,19,22). The zero-order valence-electron chi connectivity index (χ0n) is 13.4. The topological polar surface area (TPSA) is 87.7 Å². The quantitative estimate of drug-likeness (QED) is 0.673. The molecule has 1 aromatic carbocycles. The van der Waals surface area contributed by atoms with E-state index < -0.39 is 5.97 Å². The maximum atomic E-state index is 11.8. The molecule has 0 bridgehead atoms. The molecule has 126 valence electrons. The number of carboxylic acid groups (broad SMARTS) is 1. The molecule has 23 heavy (non-hydrogen) atoms. The van der Waals surface area contributed by atoms with Crippen LogP contribution in [-0.2, 0) is 11.2 Å². The Balaban J connectivity index is 1.80. The number of carbonyl (C=O) groups is 2. The molecule has 2 rings (SSSR count). The highest BCUT2D eigenvalue weighted by Crippen LogP contribution is 2.33. The number of hydrogen-bond acceptors (Lipinski definition) is 3. The Kier molecular flexibility index (Phi) is 6.26. The fraction of sp³-hybridized carbons (Fsp3) is 0.529. The number of aryl methyl sites for hydroxylation is 1. The first-order valence-corrected chi connectivity index (χ1v) is 8.00. The smallest absolute Gasteiger partial charge is 0.314 e. The van der Waals surface area contributed by atoms with Gasteiger partial charge >= 0.3 is 12.0 Å². The largest absolute Gasteiger partial charge is 0.497 e. The third kappa shape index (κ3) is 5.16. The number of benzene rings is 1. The van der Waals surface area contributed by atoms with Crippen LogP contribution in [0.3, 0.4) is 0 Å². The summed E-state index contributed by atoms with van der Waals surface area (Å²) >= 11 is 0. The molecular formula is C17H24N2O4. The normalized spacial score (nSPS) is 16.3. The van der Waals surface area contributed by atoms with Crippen LogP contribution in [0, 0.1) is 0 Å². The summed E-state index contributed by atoms with van der Waals surface area (Å²) in [4.78, 5) is 22.2. The maximum absolute atomic E-state index is 11.8. The van der Waals surface area contributed by atoms with Gasteiger partial charge in [-0.1, -0.05) is 6.07 Å². The van der Waals surface area contributed by atoms with Gasteiger partial charge in [-0.25, -0.2) is 4.79 Å². The van der Waals surface area contributed by atoms with Crippen LogP contribution >= 0.6 is 0 Å². The SMILES string of the molecule is COc1ccc2c(c1)CCCC2CNC(=O)NCCCC(=O)O. The van der Waals surface area contributed by atoms with Gasteiger partial charge in [0, 0.05) is 25.4 Å². The van der Waals surface area contributed by atoms with Crippen molar-refractivity contribution in [2.45, 2.75) is 38.0 Å². The van der Waals surface area contributed by atoms with Gasteiger partial charge in [-0.3, -0.25) is 4.79 Å². The van der Waals surface area contributed by atoms with E-state index in [1.807, 2.05) is 6.07 Å². The van der Waals surface area contributed by atoms with E-state index in [4.69, 9.17) is 9.84 Å². The van der Waals surface area contributed by atoms with E-state index in [1.54, 1.807) is 7.11 Å². The van der Waals surface area contributed by atoms with E-state index in [-0.39, 0.29) is 12.5 Å². The number of carbonyl (C=O) groups excluding carboxylic acids is 1. The average Bonchev–Trinajstić information content (AvgIpc) is 2.56. The van der Waals surface area contributed by atoms with Crippen LogP contribution in [0.25, 0.3) is 0 Å². The van der Waals surface area contributed by atoms with Gasteiger partial charge in [-0.05, 0) is 48.9 Å². The lowest BCUT2D eigenvalue weighted by Gasteiger charge is -2.26. The molecule has 0 saturated heterocycles. The highest BCUT2D eigenvalue weighted by atomic mass is 16.5. The summed E-state index contributed by atoms with van der Waals surface area (Å²) in [7, 11) is 1.66. The van der Waals surface area contributed by atoms with E-state index in [1.165, 1.54) is 11.1 Å². The Bertz CT molecular complexity index is 560. The van der Waals surface area contributed by atoms with Crippen molar-refractivity contribution in [1.29, 1.82) is 0 Å². The Hall–Kier alpha value is -2.24. The van der Waals surface area contributed by atoms with Crippen molar-refractivity contribution in [2.24, 2.45) is 0 Å². The number of aliphatic carboxylic acids is 1. The fourth-order valence-corrected chi connectivity index (χ4v) is 2.95. The van der Waals surface area contributed by atoms with Gasteiger partial charge in [0.2, 0.25) is 0 Å². The second-order valence-electron chi connectivity index (χ2n) is 5.79. The van der Waals surface area contributed by atoms with E-state index in [2.05, 4.69) is 22.8 Å². The Morgan fingerprint density at radius 2 is 2.17 bits per heavy atom. The van der Waals surface area contributed by atoms with Gasteiger partial charge in [0.25, 0.3) is 0 Å². The molecule has 0 fully saturated rings. The number of fused-ring (bicyclic) bond motifs is 1. The fourth-order valence-electron chi connectivity index (χ4n) is 2.95. The summed E-state index contributed by atoms with van der Waals surface area (Å²) < 4.78 is 5.26. The molecule has 1 aliphatic carbocycles. The number of carboxylic acids is 1. The van der Waals surface area contributed by atoms with E-state index in [0.29, 0.717) is 25.4 Å². The average molecular weight is 320 g/mol. The summed E-state index contributed by atoms with van der Waals surface area (Å²) in [6.07, 6.45) is 3.71. The Labute approximate surface area is 136 Å². The number of ether oxygens (including phenoxy) is 1. The summed E-state index contributed by atoms with van der Waals surface area (Å²) in [5.74, 6) is 0.337. The van der Waals surface area contributed by atoms with Crippen LogP contribution in [0.5, 0.6) is 5.75 Å². The monoisotopic (exact) mass is 320 g/mol. The summed E-state index contributed by atoms with van der Waals surface area (Å²) in [5, 5.41) is 14.1. The highest BCUT2D eigenvalue weighted by Gasteiger charge is 2.21. The molecule has 6 nitrogen and oxygen atoms in total. The molecule has 1 aliphatic rings. The minimum atomic E-state index is -0.846. The zero-order valence-corrected chi connectivity index (χ0v) is 13.4. The first-order valence-electron chi connectivity index (χ1n) is 8.00. The lowest BCUT2D eigenvalue weighted by atomic mass is 9.82. The van der Waals surface area contributed by atoms with Gasteiger partial charge in [-0.2, -0.15) is 0 Å². The van der Waals surface area contributed by atoms with Crippen LogP contribution in [-0.4, -0.2) is 37.3 Å². The second kappa shape index (κ2) is 8.41. The highest BCUT2D eigenvalue weighted by molar-refractivity contribution is 5.74. The van der Waals surface area contributed by atoms with Crippen LogP contribution in [0.4, 0.5) is 4.79 Å². The first kappa shape index (κ1) is 17.1. The molecule has 6 heteroatoms. The molecule has 2 amide bonds. The van der Waals surface area contributed by atoms with Gasteiger partial charge in [0.15, 0.2) is 0 Å². The van der Waals surface area contributed by atoms with Gasteiger partial charge in [0.1, 0.15) is 5.75 Å².